The average molecular weight is 219 g/mol. The highest BCUT2D eigenvalue weighted by atomic mass is 35.5. The van der Waals surface area contributed by atoms with E-state index in [9.17, 15) is 4.79 Å². The highest BCUT2D eigenvalue weighted by molar-refractivity contribution is 6.42. The molecule has 0 aliphatic rings. The fourth-order valence-corrected chi connectivity index (χ4v) is 1.04. The lowest BCUT2D eigenvalue weighted by Gasteiger charge is -2.04. The largest absolute Gasteiger partial charge is 0.486 e. The van der Waals surface area contributed by atoms with Gasteiger partial charge in [-0.1, -0.05) is 23.2 Å². The van der Waals surface area contributed by atoms with Gasteiger partial charge < -0.3 is 4.74 Å². The van der Waals surface area contributed by atoms with Crippen molar-refractivity contribution in [2.45, 2.75) is 6.92 Å². The number of hydrogen-bond acceptors (Lipinski definition) is 2. The molecule has 0 aliphatic heterocycles. The van der Waals surface area contributed by atoms with Gasteiger partial charge in [0.1, 0.15) is 12.4 Å². The molecule has 0 aliphatic carbocycles. The molecule has 0 atom stereocenters. The van der Waals surface area contributed by atoms with Crippen molar-refractivity contribution < 1.29 is 9.53 Å². The molecule has 70 valence electrons. The molecule has 0 bridgehead atoms. The van der Waals surface area contributed by atoms with Gasteiger partial charge in [0.05, 0.1) is 10.0 Å². The summed E-state index contributed by atoms with van der Waals surface area (Å²) in [5.41, 5.74) is 0. The summed E-state index contributed by atoms with van der Waals surface area (Å²) < 4.78 is 5.11. The topological polar surface area (TPSA) is 26.3 Å². The summed E-state index contributed by atoms with van der Waals surface area (Å²) >= 11 is 11.4. The van der Waals surface area contributed by atoms with Gasteiger partial charge in [-0.2, -0.15) is 0 Å². The van der Waals surface area contributed by atoms with Gasteiger partial charge in [-0.05, 0) is 19.1 Å². The van der Waals surface area contributed by atoms with E-state index in [0.29, 0.717) is 15.8 Å². The van der Waals surface area contributed by atoms with E-state index in [1.165, 1.54) is 6.92 Å². The van der Waals surface area contributed by atoms with Crippen LogP contribution in [0.1, 0.15) is 6.92 Å². The van der Waals surface area contributed by atoms with Crippen molar-refractivity contribution in [3.05, 3.63) is 28.2 Å². The van der Waals surface area contributed by atoms with Crippen LogP contribution >= 0.6 is 23.2 Å². The second-order valence-electron chi connectivity index (χ2n) is 2.57. The predicted molar refractivity (Wildman–Crippen MR) is 52.6 cm³/mol. The summed E-state index contributed by atoms with van der Waals surface area (Å²) in [6, 6.07) is 4.86. The summed E-state index contributed by atoms with van der Waals surface area (Å²) in [4.78, 5) is 10.6. The third-order valence-corrected chi connectivity index (χ3v) is 2.07. The number of hydrogen-bond donors (Lipinski definition) is 0. The summed E-state index contributed by atoms with van der Waals surface area (Å²) in [6.07, 6.45) is 0. The van der Waals surface area contributed by atoms with Crippen LogP contribution in [-0.2, 0) is 4.79 Å². The van der Waals surface area contributed by atoms with E-state index in [-0.39, 0.29) is 12.4 Å². The zero-order valence-corrected chi connectivity index (χ0v) is 8.52. The minimum atomic E-state index is -0.0360. The molecule has 0 N–H and O–H groups in total. The number of benzene rings is 1. The van der Waals surface area contributed by atoms with Gasteiger partial charge in [0.25, 0.3) is 0 Å². The fourth-order valence-electron chi connectivity index (χ4n) is 0.752. The molecule has 0 aromatic heterocycles. The van der Waals surface area contributed by atoms with E-state index < -0.39 is 0 Å². The highest BCUT2D eigenvalue weighted by Crippen LogP contribution is 2.26. The third kappa shape index (κ3) is 3.25. The minimum Gasteiger partial charge on any atom is -0.486 e. The van der Waals surface area contributed by atoms with Gasteiger partial charge in [0.2, 0.25) is 0 Å². The average Bonchev–Trinajstić information content (AvgIpc) is 2.07. The van der Waals surface area contributed by atoms with Crippen LogP contribution in [0, 0.1) is 0 Å². The van der Waals surface area contributed by atoms with Crippen molar-refractivity contribution in [1.82, 2.24) is 0 Å². The molecule has 4 heteroatoms. The number of halogens is 2. The zero-order chi connectivity index (χ0) is 9.84. The van der Waals surface area contributed by atoms with Crippen molar-refractivity contribution in [2.24, 2.45) is 0 Å². The van der Waals surface area contributed by atoms with Gasteiger partial charge >= 0.3 is 0 Å². The lowest BCUT2D eigenvalue weighted by Crippen LogP contribution is -2.06. The molecule has 1 rings (SSSR count). The van der Waals surface area contributed by atoms with E-state index in [1.807, 2.05) is 0 Å². The van der Waals surface area contributed by atoms with Crippen molar-refractivity contribution in [2.75, 3.05) is 6.61 Å². The molecule has 0 heterocycles. The maximum absolute atomic E-state index is 10.6. The van der Waals surface area contributed by atoms with Crippen LogP contribution in [0.2, 0.25) is 10.0 Å². The van der Waals surface area contributed by atoms with E-state index >= 15 is 0 Å². The standard InChI is InChI=1S/C9H8Cl2O2/c1-6(12)5-13-7-2-3-8(10)9(11)4-7/h2-4H,5H2,1H3. The Hall–Kier alpha value is -0.730. The first-order valence-electron chi connectivity index (χ1n) is 3.67. The molecule has 0 saturated heterocycles. The first kappa shape index (κ1) is 10.4. The molecule has 13 heavy (non-hydrogen) atoms. The Morgan fingerprint density at radius 3 is 2.62 bits per heavy atom. The fraction of sp³-hybridized carbons (Fsp3) is 0.222. The Kier molecular flexibility index (Phi) is 3.58. The van der Waals surface area contributed by atoms with E-state index in [1.54, 1.807) is 18.2 Å². The van der Waals surface area contributed by atoms with Crippen LogP contribution in [0.5, 0.6) is 5.75 Å². The molecule has 0 saturated carbocycles. The number of carbonyl (C=O) groups excluding carboxylic acids is 1. The van der Waals surface area contributed by atoms with Gasteiger partial charge in [0, 0.05) is 6.07 Å². The SMILES string of the molecule is CC(=O)COc1ccc(Cl)c(Cl)c1. The lowest BCUT2D eigenvalue weighted by molar-refractivity contribution is -0.118. The van der Waals surface area contributed by atoms with Crippen LogP contribution in [0.25, 0.3) is 0 Å². The molecular weight excluding hydrogens is 211 g/mol. The molecule has 1 aromatic rings. The van der Waals surface area contributed by atoms with Gasteiger partial charge in [-0.3, -0.25) is 4.79 Å². The maximum Gasteiger partial charge on any atom is 0.167 e. The summed E-state index contributed by atoms with van der Waals surface area (Å²) in [6.45, 7) is 1.51. The predicted octanol–water partition coefficient (Wildman–Crippen LogP) is 2.96. The van der Waals surface area contributed by atoms with E-state index in [2.05, 4.69) is 0 Å². The number of ether oxygens (including phenoxy) is 1. The molecular formula is C9H8Cl2O2. The monoisotopic (exact) mass is 218 g/mol. The Labute approximate surface area is 86.4 Å². The first-order chi connectivity index (χ1) is 6.09. The highest BCUT2D eigenvalue weighted by Gasteiger charge is 2.00. The number of Topliss-reactive ketones (excluding diaryl/α,β-unsaturated/α-hetero) is 1. The van der Waals surface area contributed by atoms with Crippen LogP contribution in [0.15, 0.2) is 18.2 Å². The van der Waals surface area contributed by atoms with Gasteiger partial charge in [-0.25, -0.2) is 0 Å². The van der Waals surface area contributed by atoms with Gasteiger partial charge in [0.15, 0.2) is 5.78 Å². The normalized spacial score (nSPS) is 9.77. The molecule has 0 amide bonds. The summed E-state index contributed by atoms with van der Waals surface area (Å²) in [7, 11) is 0. The second kappa shape index (κ2) is 4.49. The molecule has 0 spiro atoms. The maximum atomic E-state index is 10.6. The Balaban J connectivity index is 2.68. The minimum absolute atomic E-state index is 0.0360. The van der Waals surface area contributed by atoms with Crippen LogP contribution < -0.4 is 4.74 Å². The van der Waals surface area contributed by atoms with Crippen LogP contribution in [0.3, 0.4) is 0 Å². The summed E-state index contributed by atoms with van der Waals surface area (Å²) in [5, 5.41) is 0.888. The molecule has 1 aromatic carbocycles. The number of ketones is 1. The van der Waals surface area contributed by atoms with Crippen LogP contribution in [0.4, 0.5) is 0 Å². The Bertz CT molecular complexity index is 323. The van der Waals surface area contributed by atoms with Crippen LogP contribution in [-0.4, -0.2) is 12.4 Å². The second-order valence-corrected chi connectivity index (χ2v) is 3.38. The number of rotatable bonds is 3. The van der Waals surface area contributed by atoms with Gasteiger partial charge in [-0.15, -0.1) is 0 Å². The Morgan fingerprint density at radius 2 is 2.08 bits per heavy atom. The molecule has 0 unspecified atom stereocenters. The zero-order valence-electron chi connectivity index (χ0n) is 7.01. The first-order valence-corrected chi connectivity index (χ1v) is 4.42. The molecule has 0 fully saturated rings. The Morgan fingerprint density at radius 1 is 1.38 bits per heavy atom. The molecule has 0 radical (unpaired) electrons. The van der Waals surface area contributed by atoms with E-state index in [0.717, 1.165) is 0 Å². The quantitative estimate of drug-likeness (QED) is 0.781. The third-order valence-electron chi connectivity index (χ3n) is 1.33. The molecule has 2 nitrogen and oxygen atoms in total. The smallest absolute Gasteiger partial charge is 0.167 e. The lowest BCUT2D eigenvalue weighted by atomic mass is 10.3. The van der Waals surface area contributed by atoms with Crippen molar-refractivity contribution in [3.63, 3.8) is 0 Å². The van der Waals surface area contributed by atoms with Crippen molar-refractivity contribution in [1.29, 1.82) is 0 Å². The van der Waals surface area contributed by atoms with Crippen molar-refractivity contribution >= 4 is 29.0 Å². The van der Waals surface area contributed by atoms with Crippen molar-refractivity contribution in [3.8, 4) is 5.75 Å². The number of carbonyl (C=O) groups is 1. The summed E-state index contributed by atoms with van der Waals surface area (Å²) in [5.74, 6) is 0.510. The van der Waals surface area contributed by atoms with E-state index in [4.69, 9.17) is 27.9 Å².